The molecule has 1 unspecified atom stereocenters. The summed E-state index contributed by atoms with van der Waals surface area (Å²) in [5.74, 6) is 0.727. The third-order valence-electron chi connectivity index (χ3n) is 5.07. The molecule has 3 rings (SSSR count). The number of piperidine rings is 1. The largest absolute Gasteiger partial charge is 0.497 e. The highest BCUT2D eigenvalue weighted by atomic mass is 16.5. The summed E-state index contributed by atoms with van der Waals surface area (Å²) in [4.78, 5) is 15.2. The Labute approximate surface area is 155 Å². The first-order valence-corrected chi connectivity index (χ1v) is 9.07. The number of benzene rings is 2. The first-order chi connectivity index (χ1) is 12.7. The molecule has 1 heterocycles. The molecule has 4 nitrogen and oxygen atoms in total. The van der Waals surface area contributed by atoms with Crippen molar-refractivity contribution in [3.63, 3.8) is 0 Å². The number of rotatable bonds is 5. The van der Waals surface area contributed by atoms with Crippen LogP contribution in [0.25, 0.3) is 0 Å². The minimum Gasteiger partial charge on any atom is -0.497 e. The van der Waals surface area contributed by atoms with Crippen LogP contribution in [0.1, 0.15) is 29.9 Å². The van der Waals surface area contributed by atoms with Gasteiger partial charge in [0, 0.05) is 19.0 Å². The quantitative estimate of drug-likeness (QED) is 0.826. The number of hydrogen-bond acceptors (Lipinski definition) is 3. The fourth-order valence-corrected chi connectivity index (χ4v) is 3.51. The molecule has 0 saturated carbocycles. The van der Waals surface area contributed by atoms with E-state index in [1.54, 1.807) is 7.11 Å². The van der Waals surface area contributed by atoms with Crippen molar-refractivity contribution in [2.75, 3.05) is 20.2 Å². The highest BCUT2D eigenvalue weighted by molar-refractivity contribution is 5.84. The van der Waals surface area contributed by atoms with Crippen molar-refractivity contribution in [1.29, 1.82) is 5.26 Å². The topological polar surface area (TPSA) is 53.3 Å². The van der Waals surface area contributed by atoms with Crippen LogP contribution >= 0.6 is 0 Å². The number of ether oxygens (including phenoxy) is 1. The van der Waals surface area contributed by atoms with Gasteiger partial charge in [0.1, 0.15) is 5.75 Å². The van der Waals surface area contributed by atoms with Gasteiger partial charge in [0.2, 0.25) is 5.91 Å². The van der Waals surface area contributed by atoms with E-state index in [9.17, 15) is 4.79 Å². The maximum Gasteiger partial charge on any atom is 0.230 e. The lowest BCUT2D eigenvalue weighted by Gasteiger charge is -2.32. The molecule has 1 amide bonds. The van der Waals surface area contributed by atoms with E-state index in [-0.39, 0.29) is 17.7 Å². The lowest BCUT2D eigenvalue weighted by Crippen LogP contribution is -2.41. The fourth-order valence-electron chi connectivity index (χ4n) is 3.51. The summed E-state index contributed by atoms with van der Waals surface area (Å²) in [6, 6.07) is 20.2. The first-order valence-electron chi connectivity index (χ1n) is 9.07. The number of nitrogens with zero attached hydrogens (tertiary/aromatic N) is 2. The van der Waals surface area contributed by atoms with Crippen LogP contribution in [-0.2, 0) is 11.2 Å². The molecular formula is C22H24N2O2. The second-order valence-corrected chi connectivity index (χ2v) is 6.75. The number of carbonyl (C=O) groups excluding carboxylic acids is 1. The maximum atomic E-state index is 13.3. The van der Waals surface area contributed by atoms with E-state index in [0.717, 1.165) is 29.7 Å². The van der Waals surface area contributed by atoms with E-state index in [1.807, 2.05) is 47.4 Å². The summed E-state index contributed by atoms with van der Waals surface area (Å²) < 4.78 is 5.35. The van der Waals surface area contributed by atoms with Crippen LogP contribution in [0.2, 0.25) is 0 Å². The number of hydrogen-bond donors (Lipinski definition) is 0. The molecule has 1 aliphatic rings. The van der Waals surface area contributed by atoms with Gasteiger partial charge in [-0.05, 0) is 42.5 Å². The molecule has 2 aromatic carbocycles. The molecule has 0 radical (unpaired) electrons. The van der Waals surface area contributed by atoms with Gasteiger partial charge in [-0.1, -0.05) is 42.5 Å². The number of likely N-dealkylation sites (tertiary alicyclic amines) is 1. The Hall–Kier alpha value is -2.80. The van der Waals surface area contributed by atoms with Crippen LogP contribution in [0.4, 0.5) is 0 Å². The molecular weight excluding hydrogens is 324 g/mol. The Bertz CT molecular complexity index is 774. The van der Waals surface area contributed by atoms with Gasteiger partial charge in [-0.2, -0.15) is 5.26 Å². The molecule has 1 fully saturated rings. The van der Waals surface area contributed by atoms with Crippen LogP contribution < -0.4 is 4.74 Å². The molecule has 0 bridgehead atoms. The summed E-state index contributed by atoms with van der Waals surface area (Å²) in [5, 5.41) is 9.09. The third-order valence-corrected chi connectivity index (χ3v) is 5.07. The molecule has 1 saturated heterocycles. The van der Waals surface area contributed by atoms with Gasteiger partial charge in [-0.15, -0.1) is 0 Å². The lowest BCUT2D eigenvalue weighted by molar-refractivity contribution is -0.134. The summed E-state index contributed by atoms with van der Waals surface area (Å²) in [5.41, 5.74) is 2.11. The predicted octanol–water partition coefficient (Wildman–Crippen LogP) is 3.78. The normalized spacial score (nSPS) is 15.9. The second kappa shape index (κ2) is 8.53. The molecule has 2 aromatic rings. The van der Waals surface area contributed by atoms with E-state index < -0.39 is 0 Å². The third kappa shape index (κ3) is 4.23. The molecule has 1 atom stereocenters. The van der Waals surface area contributed by atoms with Crippen LogP contribution in [-0.4, -0.2) is 31.0 Å². The molecule has 4 heteroatoms. The highest BCUT2D eigenvalue weighted by Gasteiger charge is 2.29. The number of amides is 1. The lowest BCUT2D eigenvalue weighted by atomic mass is 9.89. The van der Waals surface area contributed by atoms with Gasteiger partial charge >= 0.3 is 0 Å². The Kier molecular flexibility index (Phi) is 5.91. The van der Waals surface area contributed by atoms with Crippen LogP contribution in [0, 0.1) is 17.2 Å². The predicted molar refractivity (Wildman–Crippen MR) is 101 cm³/mol. The monoisotopic (exact) mass is 348 g/mol. The average Bonchev–Trinajstić information content (AvgIpc) is 2.72. The summed E-state index contributed by atoms with van der Waals surface area (Å²) in [7, 11) is 1.64. The van der Waals surface area contributed by atoms with E-state index >= 15 is 0 Å². The van der Waals surface area contributed by atoms with E-state index in [0.29, 0.717) is 19.5 Å². The molecule has 0 spiro atoms. The van der Waals surface area contributed by atoms with Crippen molar-refractivity contribution < 1.29 is 9.53 Å². The number of nitriles is 1. The Balaban J connectivity index is 1.85. The van der Waals surface area contributed by atoms with Gasteiger partial charge in [-0.25, -0.2) is 0 Å². The molecule has 0 N–H and O–H groups in total. The summed E-state index contributed by atoms with van der Waals surface area (Å²) in [6.07, 6.45) is 2.18. The Morgan fingerprint density at radius 2 is 1.92 bits per heavy atom. The Morgan fingerprint density at radius 1 is 1.19 bits per heavy atom. The Morgan fingerprint density at radius 3 is 2.58 bits per heavy atom. The van der Waals surface area contributed by atoms with Crippen molar-refractivity contribution in [2.24, 2.45) is 5.92 Å². The standard InChI is InChI=1S/C22H24N2O2/c1-26-20-9-5-8-19(15-20)21(14-17-6-3-2-4-7-17)22(25)24-12-10-18(16-23)11-13-24/h2-9,15,18,21H,10-14H2,1H3. The SMILES string of the molecule is COc1cccc(C(Cc2ccccc2)C(=O)N2CCC(C#N)CC2)c1. The van der Waals surface area contributed by atoms with Gasteiger partial charge in [0.25, 0.3) is 0 Å². The first kappa shape index (κ1) is 18.0. The molecule has 1 aliphatic heterocycles. The van der Waals surface area contributed by atoms with Crippen molar-refractivity contribution in [3.05, 3.63) is 65.7 Å². The fraction of sp³-hybridized carbons (Fsp3) is 0.364. The average molecular weight is 348 g/mol. The minimum atomic E-state index is -0.244. The van der Waals surface area contributed by atoms with E-state index in [2.05, 4.69) is 18.2 Å². The van der Waals surface area contributed by atoms with Crippen LogP contribution in [0.15, 0.2) is 54.6 Å². The number of carbonyl (C=O) groups is 1. The second-order valence-electron chi connectivity index (χ2n) is 6.75. The zero-order valence-electron chi connectivity index (χ0n) is 15.1. The minimum absolute atomic E-state index is 0.0726. The summed E-state index contributed by atoms with van der Waals surface area (Å²) in [6.45, 7) is 1.32. The van der Waals surface area contributed by atoms with Gasteiger partial charge < -0.3 is 9.64 Å². The smallest absolute Gasteiger partial charge is 0.230 e. The maximum absolute atomic E-state index is 13.3. The van der Waals surface area contributed by atoms with Crippen LogP contribution in [0.5, 0.6) is 5.75 Å². The molecule has 0 aliphatic carbocycles. The summed E-state index contributed by atoms with van der Waals surface area (Å²) >= 11 is 0. The van der Waals surface area contributed by atoms with Crippen molar-refractivity contribution in [1.82, 2.24) is 4.90 Å². The van der Waals surface area contributed by atoms with E-state index in [1.165, 1.54) is 0 Å². The highest BCUT2D eigenvalue weighted by Crippen LogP contribution is 2.28. The molecule has 134 valence electrons. The van der Waals surface area contributed by atoms with Gasteiger partial charge in [0.15, 0.2) is 0 Å². The zero-order chi connectivity index (χ0) is 18.4. The van der Waals surface area contributed by atoms with Crippen molar-refractivity contribution >= 4 is 5.91 Å². The number of methoxy groups -OCH3 is 1. The van der Waals surface area contributed by atoms with Crippen molar-refractivity contribution in [2.45, 2.75) is 25.2 Å². The van der Waals surface area contributed by atoms with Crippen molar-refractivity contribution in [3.8, 4) is 11.8 Å². The molecule has 0 aromatic heterocycles. The van der Waals surface area contributed by atoms with Crippen LogP contribution in [0.3, 0.4) is 0 Å². The van der Waals surface area contributed by atoms with Gasteiger partial charge in [0.05, 0.1) is 19.1 Å². The zero-order valence-corrected chi connectivity index (χ0v) is 15.1. The van der Waals surface area contributed by atoms with Gasteiger partial charge in [-0.3, -0.25) is 4.79 Å². The van der Waals surface area contributed by atoms with E-state index in [4.69, 9.17) is 10.00 Å². The molecule has 26 heavy (non-hydrogen) atoms.